The molecule has 0 saturated carbocycles. The number of halogens is 1. The Morgan fingerprint density at radius 3 is 2.79 bits per heavy atom. The molecule has 33 heavy (non-hydrogen) atoms. The van der Waals surface area contributed by atoms with Gasteiger partial charge in [0.05, 0.1) is 22.4 Å². The van der Waals surface area contributed by atoms with Crippen LogP contribution < -0.4 is 9.64 Å². The van der Waals surface area contributed by atoms with E-state index in [9.17, 15) is 19.1 Å². The fraction of sp³-hybridized carbons (Fsp3) is 0.125. The highest BCUT2D eigenvalue weighted by atomic mass is 32.1. The Kier molecular flexibility index (Phi) is 5.43. The number of thiophene rings is 1. The molecular formula is C24H17FN2O4S2. The maximum absolute atomic E-state index is 13.7. The van der Waals surface area contributed by atoms with Gasteiger partial charge in [-0.05, 0) is 48.7 Å². The number of ether oxygens (including phenoxy) is 1. The first-order chi connectivity index (χ1) is 16.0. The van der Waals surface area contributed by atoms with Gasteiger partial charge in [0.25, 0.3) is 5.78 Å². The molecule has 0 spiro atoms. The molecule has 1 unspecified atom stereocenters. The molecule has 0 radical (unpaired) electrons. The van der Waals surface area contributed by atoms with Crippen LogP contribution in [0.1, 0.15) is 23.4 Å². The number of hydrogen-bond acceptors (Lipinski definition) is 7. The third-order valence-electron chi connectivity index (χ3n) is 5.22. The van der Waals surface area contributed by atoms with Crippen LogP contribution in [0, 0.1) is 5.82 Å². The van der Waals surface area contributed by atoms with Crippen LogP contribution in [0.25, 0.3) is 16.0 Å². The van der Waals surface area contributed by atoms with Gasteiger partial charge in [-0.3, -0.25) is 14.5 Å². The summed E-state index contributed by atoms with van der Waals surface area (Å²) in [5.41, 5.74) is 0.862. The minimum Gasteiger partial charge on any atom is -0.507 e. The SMILES string of the molecule is CCOc1cccc(/C(O)=C2\C(=O)C(=O)N(c3nc4ccc(F)cc4s3)C2c2cccs2)c1. The molecule has 5 rings (SSSR count). The molecule has 1 N–H and O–H groups in total. The van der Waals surface area contributed by atoms with Gasteiger partial charge < -0.3 is 9.84 Å². The number of carbonyl (C=O) groups is 2. The number of benzene rings is 2. The summed E-state index contributed by atoms with van der Waals surface area (Å²) in [5.74, 6) is -1.77. The summed E-state index contributed by atoms with van der Waals surface area (Å²) in [6.45, 7) is 2.29. The molecule has 9 heteroatoms. The molecule has 4 aromatic rings. The molecule has 2 aromatic carbocycles. The molecule has 1 aliphatic heterocycles. The van der Waals surface area contributed by atoms with E-state index in [1.165, 1.54) is 34.4 Å². The summed E-state index contributed by atoms with van der Waals surface area (Å²) in [6.07, 6.45) is 0. The first-order valence-corrected chi connectivity index (χ1v) is 11.8. The van der Waals surface area contributed by atoms with E-state index in [0.717, 1.165) is 11.3 Å². The minimum absolute atomic E-state index is 0.0264. The number of anilines is 1. The lowest BCUT2D eigenvalue weighted by Crippen LogP contribution is -2.28. The van der Waals surface area contributed by atoms with Crippen molar-refractivity contribution < 1.29 is 23.8 Å². The van der Waals surface area contributed by atoms with E-state index >= 15 is 0 Å². The van der Waals surface area contributed by atoms with E-state index in [1.54, 1.807) is 30.3 Å². The molecule has 1 fully saturated rings. The number of aromatic nitrogens is 1. The average molecular weight is 481 g/mol. The summed E-state index contributed by atoms with van der Waals surface area (Å²) in [7, 11) is 0. The second-order valence-electron chi connectivity index (χ2n) is 7.25. The van der Waals surface area contributed by atoms with Crippen molar-refractivity contribution in [1.82, 2.24) is 4.98 Å². The summed E-state index contributed by atoms with van der Waals surface area (Å²) in [5, 5.41) is 13.3. The molecule has 1 atom stereocenters. The van der Waals surface area contributed by atoms with Gasteiger partial charge in [-0.15, -0.1) is 11.3 Å². The zero-order valence-electron chi connectivity index (χ0n) is 17.3. The fourth-order valence-corrected chi connectivity index (χ4v) is 5.63. The Bertz CT molecular complexity index is 1410. The van der Waals surface area contributed by atoms with Crippen molar-refractivity contribution in [3.05, 3.63) is 81.8 Å². The van der Waals surface area contributed by atoms with Crippen LogP contribution in [0.3, 0.4) is 0 Å². The monoisotopic (exact) mass is 480 g/mol. The smallest absolute Gasteiger partial charge is 0.301 e. The Labute approximate surface area is 196 Å². The summed E-state index contributed by atoms with van der Waals surface area (Å²) < 4.78 is 19.8. The lowest BCUT2D eigenvalue weighted by atomic mass is 10.00. The molecule has 1 amide bonds. The van der Waals surface area contributed by atoms with Crippen molar-refractivity contribution in [2.45, 2.75) is 13.0 Å². The van der Waals surface area contributed by atoms with Gasteiger partial charge in [0.2, 0.25) is 0 Å². The maximum Gasteiger partial charge on any atom is 0.301 e. The molecule has 166 valence electrons. The maximum atomic E-state index is 13.7. The zero-order valence-corrected chi connectivity index (χ0v) is 19.0. The second kappa shape index (κ2) is 8.42. The van der Waals surface area contributed by atoms with Crippen LogP contribution in [0.4, 0.5) is 9.52 Å². The number of amides is 1. The van der Waals surface area contributed by atoms with E-state index in [4.69, 9.17) is 4.74 Å². The molecular weight excluding hydrogens is 463 g/mol. The summed E-state index contributed by atoms with van der Waals surface area (Å²) in [4.78, 5) is 32.8. The predicted molar refractivity (Wildman–Crippen MR) is 126 cm³/mol. The van der Waals surface area contributed by atoms with Gasteiger partial charge >= 0.3 is 5.91 Å². The summed E-state index contributed by atoms with van der Waals surface area (Å²) >= 11 is 2.48. The summed E-state index contributed by atoms with van der Waals surface area (Å²) in [6, 6.07) is 13.6. The van der Waals surface area contributed by atoms with E-state index in [2.05, 4.69) is 4.98 Å². The first-order valence-electron chi connectivity index (χ1n) is 10.1. The van der Waals surface area contributed by atoms with Crippen LogP contribution in [-0.4, -0.2) is 28.4 Å². The third-order valence-corrected chi connectivity index (χ3v) is 7.16. The van der Waals surface area contributed by atoms with Crippen LogP contribution in [-0.2, 0) is 9.59 Å². The predicted octanol–water partition coefficient (Wildman–Crippen LogP) is 5.52. The number of carbonyl (C=O) groups excluding carboxylic acids is 2. The lowest BCUT2D eigenvalue weighted by molar-refractivity contribution is -0.132. The lowest BCUT2D eigenvalue weighted by Gasteiger charge is -2.21. The van der Waals surface area contributed by atoms with Gasteiger partial charge in [0.15, 0.2) is 5.13 Å². The number of Topliss-reactive ketones (excluding diaryl/α,β-unsaturated/α-hetero) is 1. The third kappa shape index (κ3) is 3.69. The number of thiazole rings is 1. The van der Waals surface area contributed by atoms with Gasteiger partial charge in [-0.2, -0.15) is 0 Å². The molecule has 1 aliphatic rings. The zero-order chi connectivity index (χ0) is 23.1. The number of nitrogens with zero attached hydrogens (tertiary/aromatic N) is 2. The van der Waals surface area contributed by atoms with Gasteiger partial charge in [0.1, 0.15) is 23.4 Å². The van der Waals surface area contributed by atoms with E-state index in [0.29, 0.717) is 33.0 Å². The van der Waals surface area contributed by atoms with Crippen molar-refractivity contribution in [3.8, 4) is 5.75 Å². The van der Waals surface area contributed by atoms with Crippen LogP contribution in [0.15, 0.2) is 65.6 Å². The van der Waals surface area contributed by atoms with Crippen molar-refractivity contribution >= 4 is 55.5 Å². The van der Waals surface area contributed by atoms with Crippen LogP contribution >= 0.6 is 22.7 Å². The van der Waals surface area contributed by atoms with E-state index in [-0.39, 0.29) is 16.5 Å². The quantitative estimate of drug-likeness (QED) is 0.231. The molecule has 1 saturated heterocycles. The average Bonchev–Trinajstić information content (AvgIpc) is 3.52. The standard InChI is InChI=1S/C24H17FN2O4S2/c1-2-31-15-6-3-5-13(11-15)21(28)19-20(17-7-4-10-32-17)27(23(30)22(19)29)24-26-16-9-8-14(25)12-18(16)33-24/h3-12,20,28H,2H2,1H3/b21-19+. The number of aliphatic hydroxyl groups excluding tert-OH is 1. The van der Waals surface area contributed by atoms with Crippen molar-refractivity contribution in [1.29, 1.82) is 0 Å². The van der Waals surface area contributed by atoms with Gasteiger partial charge in [-0.1, -0.05) is 29.5 Å². The highest BCUT2D eigenvalue weighted by Crippen LogP contribution is 2.45. The van der Waals surface area contributed by atoms with E-state index < -0.39 is 23.5 Å². The Balaban J connectivity index is 1.68. The number of aliphatic hydroxyl groups is 1. The minimum atomic E-state index is -0.855. The highest BCUT2D eigenvalue weighted by molar-refractivity contribution is 7.22. The molecule has 2 aromatic heterocycles. The van der Waals surface area contributed by atoms with Crippen molar-refractivity contribution in [3.63, 3.8) is 0 Å². The molecule has 3 heterocycles. The normalized spacial score (nSPS) is 17.8. The first kappa shape index (κ1) is 21.3. The van der Waals surface area contributed by atoms with Crippen LogP contribution in [0.2, 0.25) is 0 Å². The number of rotatable bonds is 5. The van der Waals surface area contributed by atoms with Gasteiger partial charge in [-0.25, -0.2) is 9.37 Å². The topological polar surface area (TPSA) is 79.7 Å². The second-order valence-corrected chi connectivity index (χ2v) is 9.24. The fourth-order valence-electron chi connectivity index (χ4n) is 3.79. The Hall–Kier alpha value is -3.56. The molecule has 6 nitrogen and oxygen atoms in total. The Morgan fingerprint density at radius 2 is 2.03 bits per heavy atom. The highest BCUT2D eigenvalue weighted by Gasteiger charge is 2.48. The van der Waals surface area contributed by atoms with Gasteiger partial charge in [0, 0.05) is 10.4 Å². The van der Waals surface area contributed by atoms with Crippen molar-refractivity contribution in [2.75, 3.05) is 11.5 Å². The Morgan fingerprint density at radius 1 is 1.18 bits per heavy atom. The molecule has 0 bridgehead atoms. The number of hydrogen-bond donors (Lipinski definition) is 1. The van der Waals surface area contributed by atoms with Crippen molar-refractivity contribution in [2.24, 2.45) is 0 Å². The van der Waals surface area contributed by atoms with E-state index in [1.807, 2.05) is 18.4 Å². The number of fused-ring (bicyclic) bond motifs is 1. The largest absolute Gasteiger partial charge is 0.507 e. The molecule has 0 aliphatic carbocycles. The van der Waals surface area contributed by atoms with Crippen LogP contribution in [0.5, 0.6) is 5.75 Å². The number of ketones is 1.